The van der Waals surface area contributed by atoms with Crippen molar-refractivity contribution in [3.8, 4) is 0 Å². The van der Waals surface area contributed by atoms with Crippen LogP contribution < -0.4 is 15.1 Å². The molecule has 3 aromatic carbocycles. The second-order valence-corrected chi connectivity index (χ2v) is 9.42. The van der Waals surface area contributed by atoms with Crippen LogP contribution in [0.15, 0.2) is 78.9 Å². The molecule has 1 heterocycles. The summed E-state index contributed by atoms with van der Waals surface area (Å²) in [5.41, 5.74) is 4.78. The molecule has 2 amide bonds. The number of benzene rings is 3. The highest BCUT2D eigenvalue weighted by molar-refractivity contribution is 5.97. The summed E-state index contributed by atoms with van der Waals surface area (Å²) in [5.74, 6) is 0.258. The molecule has 1 atom stereocenters. The highest BCUT2D eigenvalue weighted by Crippen LogP contribution is 2.32. The lowest BCUT2D eigenvalue weighted by Gasteiger charge is -2.29. The third-order valence-electron chi connectivity index (χ3n) is 6.16. The van der Waals surface area contributed by atoms with Crippen molar-refractivity contribution in [2.45, 2.75) is 52.2 Å². The van der Waals surface area contributed by atoms with E-state index in [0.29, 0.717) is 18.2 Å². The third-order valence-corrected chi connectivity index (χ3v) is 6.16. The number of hydrogen-bond acceptors (Lipinski definition) is 4. The van der Waals surface area contributed by atoms with Crippen molar-refractivity contribution in [3.63, 3.8) is 0 Å². The fourth-order valence-corrected chi connectivity index (χ4v) is 4.55. The van der Waals surface area contributed by atoms with Gasteiger partial charge in [0.05, 0.1) is 13.0 Å². The predicted octanol–water partition coefficient (Wildman–Crippen LogP) is 6.71. The minimum atomic E-state index is -0.557. The molecule has 4 rings (SSSR count). The van der Waals surface area contributed by atoms with Crippen LogP contribution in [0.3, 0.4) is 0 Å². The molecular formula is C29H33N3O3. The van der Waals surface area contributed by atoms with Gasteiger partial charge in [-0.3, -0.25) is 10.1 Å². The van der Waals surface area contributed by atoms with E-state index in [1.807, 2.05) is 66.7 Å². The number of hydrogen-bond donors (Lipinski definition) is 1. The lowest BCUT2D eigenvalue weighted by molar-refractivity contribution is -0.117. The van der Waals surface area contributed by atoms with Crippen molar-refractivity contribution < 1.29 is 14.3 Å². The lowest BCUT2D eigenvalue weighted by Crippen LogP contribution is -2.28. The molecule has 0 spiro atoms. The first-order chi connectivity index (χ1) is 16.8. The van der Waals surface area contributed by atoms with Gasteiger partial charge in [-0.15, -0.1) is 0 Å². The monoisotopic (exact) mass is 471 g/mol. The van der Waals surface area contributed by atoms with E-state index in [4.69, 9.17) is 4.74 Å². The van der Waals surface area contributed by atoms with E-state index in [1.54, 1.807) is 4.90 Å². The lowest BCUT2D eigenvalue weighted by atomic mass is 10.0. The molecule has 0 radical (unpaired) electrons. The Bertz CT molecular complexity index is 1160. The summed E-state index contributed by atoms with van der Waals surface area (Å²) in [5, 5.41) is 2.79. The van der Waals surface area contributed by atoms with Crippen LogP contribution in [0.25, 0.3) is 0 Å². The highest BCUT2D eigenvalue weighted by atomic mass is 16.6. The van der Waals surface area contributed by atoms with Gasteiger partial charge in [0.25, 0.3) is 0 Å². The van der Waals surface area contributed by atoms with Gasteiger partial charge >= 0.3 is 6.09 Å². The second kappa shape index (κ2) is 10.6. The van der Waals surface area contributed by atoms with Crippen LogP contribution in [-0.2, 0) is 9.53 Å². The van der Waals surface area contributed by atoms with Gasteiger partial charge in [-0.05, 0) is 67.8 Å². The van der Waals surface area contributed by atoms with Gasteiger partial charge < -0.3 is 14.5 Å². The Labute approximate surface area is 207 Å². The van der Waals surface area contributed by atoms with Crippen LogP contribution in [0.5, 0.6) is 0 Å². The van der Waals surface area contributed by atoms with Gasteiger partial charge in [0, 0.05) is 28.8 Å². The third kappa shape index (κ3) is 5.65. The van der Waals surface area contributed by atoms with E-state index < -0.39 is 12.2 Å². The molecular weight excluding hydrogens is 438 g/mol. The summed E-state index contributed by atoms with van der Waals surface area (Å²) < 4.78 is 5.60. The largest absolute Gasteiger partial charge is 0.444 e. The number of anilines is 4. The molecule has 1 N–H and O–H groups in total. The van der Waals surface area contributed by atoms with Gasteiger partial charge in [-0.25, -0.2) is 4.79 Å². The number of carbonyl (C=O) groups excluding carboxylic acids is 2. The van der Waals surface area contributed by atoms with Crippen LogP contribution in [0.1, 0.15) is 45.6 Å². The Balaban J connectivity index is 1.38. The highest BCUT2D eigenvalue weighted by Gasteiger charge is 2.34. The van der Waals surface area contributed by atoms with E-state index in [9.17, 15) is 9.59 Å². The van der Waals surface area contributed by atoms with Gasteiger partial charge in [0.2, 0.25) is 5.91 Å². The van der Waals surface area contributed by atoms with Crippen molar-refractivity contribution in [1.82, 2.24) is 0 Å². The smallest absolute Gasteiger partial charge is 0.411 e. The fourth-order valence-electron chi connectivity index (χ4n) is 4.55. The molecule has 1 fully saturated rings. The maximum atomic E-state index is 12.7. The second-order valence-electron chi connectivity index (χ2n) is 9.42. The summed E-state index contributed by atoms with van der Waals surface area (Å²) >= 11 is 0. The zero-order valence-electron chi connectivity index (χ0n) is 20.8. The first-order valence-corrected chi connectivity index (χ1v) is 12.1. The minimum Gasteiger partial charge on any atom is -0.444 e. The summed E-state index contributed by atoms with van der Waals surface area (Å²) in [4.78, 5) is 29.2. The molecule has 1 saturated heterocycles. The molecule has 1 aliphatic heterocycles. The van der Waals surface area contributed by atoms with E-state index in [0.717, 1.165) is 22.6 Å². The number of rotatable bonds is 7. The molecule has 0 saturated carbocycles. The fraction of sp³-hybridized carbons (Fsp3) is 0.310. The summed E-state index contributed by atoms with van der Waals surface area (Å²) in [6.07, 6.45) is -0.867. The number of ether oxygens (including phenoxy) is 1. The molecule has 1 unspecified atom stereocenters. The summed E-state index contributed by atoms with van der Waals surface area (Å²) in [6.45, 7) is 8.85. The number of carbonyl (C=O) groups is 2. The van der Waals surface area contributed by atoms with Gasteiger partial charge in [-0.2, -0.15) is 0 Å². The Kier molecular flexibility index (Phi) is 7.39. The average Bonchev–Trinajstić information content (AvgIpc) is 3.20. The Morgan fingerprint density at radius 1 is 0.914 bits per heavy atom. The molecule has 6 nitrogen and oxygen atoms in total. The normalized spacial score (nSPS) is 15.5. The molecule has 6 heteroatoms. The minimum absolute atomic E-state index is 0.0325. The zero-order chi connectivity index (χ0) is 24.9. The average molecular weight is 472 g/mol. The molecule has 35 heavy (non-hydrogen) atoms. The molecule has 3 aromatic rings. The van der Waals surface area contributed by atoms with Crippen LogP contribution in [0.2, 0.25) is 0 Å². The number of amides is 2. The van der Waals surface area contributed by atoms with Crippen molar-refractivity contribution in [2.24, 2.45) is 0 Å². The van der Waals surface area contributed by atoms with Gasteiger partial charge in [0.1, 0.15) is 6.10 Å². The summed E-state index contributed by atoms with van der Waals surface area (Å²) in [7, 11) is 0. The van der Waals surface area contributed by atoms with Crippen LogP contribution in [-0.4, -0.2) is 30.7 Å². The Hall–Kier alpha value is -3.80. The van der Waals surface area contributed by atoms with E-state index in [1.165, 1.54) is 0 Å². The maximum absolute atomic E-state index is 12.7. The Morgan fingerprint density at radius 3 is 2.20 bits per heavy atom. The summed E-state index contributed by atoms with van der Waals surface area (Å²) in [6, 6.07) is 26.0. The molecule has 182 valence electrons. The molecule has 0 bridgehead atoms. The van der Waals surface area contributed by atoms with Crippen molar-refractivity contribution in [3.05, 3.63) is 84.4 Å². The molecule has 0 aliphatic carbocycles. The first-order valence-electron chi connectivity index (χ1n) is 12.1. The predicted molar refractivity (Wildman–Crippen MR) is 142 cm³/mol. The molecule has 1 aliphatic rings. The van der Waals surface area contributed by atoms with E-state index in [-0.39, 0.29) is 18.4 Å². The molecule has 0 aromatic heterocycles. The van der Waals surface area contributed by atoms with E-state index in [2.05, 4.69) is 50.0 Å². The first kappa shape index (κ1) is 24.3. The standard InChI is InChI=1S/C29H33N3O3/c1-20(2)26-12-8-9-13-27(26)31-19-25(18-28(31)33)35-29(34)30-22-14-16-24(17-15-22)32(21(3)4)23-10-6-5-7-11-23/h5-17,20-21,25H,18-19H2,1-4H3,(H,30,34). The Morgan fingerprint density at radius 2 is 1.54 bits per heavy atom. The zero-order valence-corrected chi connectivity index (χ0v) is 20.8. The quantitative estimate of drug-likeness (QED) is 0.416. The number of nitrogens with one attached hydrogen (secondary N) is 1. The van der Waals surface area contributed by atoms with Crippen LogP contribution in [0, 0.1) is 0 Å². The van der Waals surface area contributed by atoms with Crippen molar-refractivity contribution >= 4 is 34.7 Å². The van der Waals surface area contributed by atoms with Crippen molar-refractivity contribution in [2.75, 3.05) is 21.7 Å². The van der Waals surface area contributed by atoms with Crippen molar-refractivity contribution in [1.29, 1.82) is 0 Å². The maximum Gasteiger partial charge on any atom is 0.411 e. The van der Waals surface area contributed by atoms with Gasteiger partial charge in [0.15, 0.2) is 0 Å². The van der Waals surface area contributed by atoms with Gasteiger partial charge in [-0.1, -0.05) is 50.2 Å². The van der Waals surface area contributed by atoms with Crippen LogP contribution >= 0.6 is 0 Å². The number of para-hydroxylation sites is 2. The SMILES string of the molecule is CC(C)c1ccccc1N1CC(OC(=O)Nc2ccc(N(c3ccccc3)C(C)C)cc2)CC1=O. The van der Waals surface area contributed by atoms with Crippen LogP contribution in [0.4, 0.5) is 27.5 Å². The topological polar surface area (TPSA) is 61.9 Å². The number of nitrogens with zero attached hydrogens (tertiary/aromatic N) is 2. The van der Waals surface area contributed by atoms with E-state index >= 15 is 0 Å².